The van der Waals surface area contributed by atoms with Crippen LogP contribution in [-0.4, -0.2) is 5.10 Å². The summed E-state index contributed by atoms with van der Waals surface area (Å²) in [4.78, 5) is 0. The second-order valence-electron chi connectivity index (χ2n) is 1.40. The summed E-state index contributed by atoms with van der Waals surface area (Å²) in [5.74, 6) is 0. The van der Waals surface area contributed by atoms with Crippen LogP contribution in [0.5, 0.6) is 0 Å². The summed E-state index contributed by atoms with van der Waals surface area (Å²) in [5.41, 5.74) is 0. The van der Waals surface area contributed by atoms with Crippen molar-refractivity contribution < 1.29 is 4.68 Å². The van der Waals surface area contributed by atoms with E-state index in [1.807, 2.05) is 24.1 Å². The number of nitrogens with one attached hydrogen (secondary N) is 1. The van der Waals surface area contributed by atoms with Crippen LogP contribution in [0.15, 0.2) is 16.9 Å². The lowest BCUT2D eigenvalue weighted by Gasteiger charge is -1.65. The number of hydrogen-bond acceptors (Lipinski definition) is 0. The zero-order valence-corrected chi connectivity index (χ0v) is 5.57. The maximum Gasteiger partial charge on any atom is 0.209 e. The van der Waals surface area contributed by atoms with Crippen LogP contribution in [0.1, 0.15) is 0 Å². The van der Waals surface area contributed by atoms with Crippen LogP contribution in [0.3, 0.4) is 0 Å². The first-order chi connectivity index (χ1) is 3.29. The number of halogens is 1. The van der Waals surface area contributed by atoms with Crippen molar-refractivity contribution in [2.24, 2.45) is 7.05 Å². The lowest BCUT2D eigenvalue weighted by molar-refractivity contribution is -0.727. The van der Waals surface area contributed by atoms with Gasteiger partial charge in [0.25, 0.3) is 0 Å². The predicted molar refractivity (Wildman–Crippen MR) is 29.7 cm³/mol. The molecule has 1 aromatic rings. The van der Waals surface area contributed by atoms with E-state index in [1.54, 1.807) is 0 Å². The van der Waals surface area contributed by atoms with Gasteiger partial charge in [-0.25, -0.2) is 0 Å². The van der Waals surface area contributed by atoms with Crippen LogP contribution < -0.4 is 4.68 Å². The highest BCUT2D eigenvalue weighted by Gasteiger charge is 1.92. The molecule has 0 fully saturated rings. The molecule has 0 saturated carbocycles. The van der Waals surface area contributed by atoms with E-state index >= 15 is 0 Å². The van der Waals surface area contributed by atoms with Crippen LogP contribution >= 0.6 is 15.9 Å². The van der Waals surface area contributed by atoms with Crippen molar-refractivity contribution in [2.45, 2.75) is 0 Å². The SMILES string of the molecule is C[n+]1cc(Br)c[nH]1. The summed E-state index contributed by atoms with van der Waals surface area (Å²) in [6, 6.07) is 0. The summed E-state index contributed by atoms with van der Waals surface area (Å²) in [5, 5.41) is 2.94. The normalized spacial score (nSPS) is 9.43. The number of aryl methyl sites for hydroxylation is 1. The molecule has 3 heteroatoms. The molecule has 0 radical (unpaired) electrons. The fourth-order valence-corrected chi connectivity index (χ4v) is 0.833. The molecular weight excluding hydrogens is 156 g/mol. The van der Waals surface area contributed by atoms with Gasteiger partial charge in [0, 0.05) is 0 Å². The highest BCUT2D eigenvalue weighted by Crippen LogP contribution is 2.00. The number of aromatic amines is 1. The zero-order chi connectivity index (χ0) is 5.28. The molecule has 0 spiro atoms. The Hall–Kier alpha value is -0.310. The van der Waals surface area contributed by atoms with Crippen molar-refractivity contribution in [3.8, 4) is 0 Å². The molecule has 0 atom stereocenters. The van der Waals surface area contributed by atoms with Crippen molar-refractivity contribution in [1.29, 1.82) is 0 Å². The minimum atomic E-state index is 1.08. The third-order valence-electron chi connectivity index (χ3n) is 0.723. The molecule has 1 aromatic heterocycles. The molecule has 0 aliphatic rings. The van der Waals surface area contributed by atoms with E-state index in [9.17, 15) is 0 Å². The highest BCUT2D eigenvalue weighted by molar-refractivity contribution is 9.10. The Labute approximate surface area is 50.3 Å². The van der Waals surface area contributed by atoms with Gasteiger partial charge in [0.1, 0.15) is 4.47 Å². The Kier molecular flexibility index (Phi) is 1.15. The van der Waals surface area contributed by atoms with E-state index in [2.05, 4.69) is 21.0 Å². The predicted octanol–water partition coefficient (Wildman–Crippen LogP) is 0.602. The lowest BCUT2D eigenvalue weighted by Crippen LogP contribution is -2.27. The van der Waals surface area contributed by atoms with Crippen LogP contribution in [0.25, 0.3) is 0 Å². The molecule has 38 valence electrons. The van der Waals surface area contributed by atoms with Gasteiger partial charge in [0.05, 0.1) is 6.20 Å². The van der Waals surface area contributed by atoms with Crippen LogP contribution in [0.2, 0.25) is 0 Å². The summed E-state index contributed by atoms with van der Waals surface area (Å²) in [6.45, 7) is 0. The van der Waals surface area contributed by atoms with Gasteiger partial charge in [-0.05, 0) is 15.9 Å². The maximum absolute atomic E-state index is 3.28. The van der Waals surface area contributed by atoms with Crippen molar-refractivity contribution in [3.05, 3.63) is 16.9 Å². The largest absolute Gasteiger partial charge is 0.209 e. The first-order valence-corrected chi connectivity index (χ1v) is 2.78. The molecule has 7 heavy (non-hydrogen) atoms. The fourth-order valence-electron chi connectivity index (χ4n) is 0.423. The quantitative estimate of drug-likeness (QED) is 0.539. The molecule has 1 rings (SSSR count). The summed E-state index contributed by atoms with van der Waals surface area (Å²) in [6.07, 6.45) is 3.82. The van der Waals surface area contributed by atoms with Crippen LogP contribution in [-0.2, 0) is 7.05 Å². The number of rotatable bonds is 0. The van der Waals surface area contributed by atoms with Crippen molar-refractivity contribution in [2.75, 3.05) is 0 Å². The van der Waals surface area contributed by atoms with Crippen molar-refractivity contribution >= 4 is 15.9 Å². The van der Waals surface area contributed by atoms with E-state index in [-0.39, 0.29) is 0 Å². The summed E-state index contributed by atoms with van der Waals surface area (Å²) in [7, 11) is 1.94. The Balaban J connectivity index is 3.04. The Morgan fingerprint density at radius 2 is 2.57 bits per heavy atom. The highest BCUT2D eigenvalue weighted by atomic mass is 79.9. The van der Waals surface area contributed by atoms with Crippen molar-refractivity contribution in [1.82, 2.24) is 5.10 Å². The Morgan fingerprint density at radius 3 is 2.71 bits per heavy atom. The molecule has 1 heterocycles. The number of hydrogen-bond donors (Lipinski definition) is 1. The van der Waals surface area contributed by atoms with Gasteiger partial charge in [-0.1, -0.05) is 0 Å². The van der Waals surface area contributed by atoms with E-state index in [0.29, 0.717) is 0 Å². The van der Waals surface area contributed by atoms with Crippen molar-refractivity contribution in [3.63, 3.8) is 0 Å². The monoisotopic (exact) mass is 161 g/mol. The zero-order valence-electron chi connectivity index (χ0n) is 3.98. The number of nitrogens with zero attached hydrogens (tertiary/aromatic N) is 1. The van der Waals surface area contributed by atoms with E-state index in [1.165, 1.54) is 0 Å². The van der Waals surface area contributed by atoms with Gasteiger partial charge >= 0.3 is 0 Å². The number of aromatic nitrogens is 2. The molecule has 0 aliphatic heterocycles. The molecule has 0 aliphatic carbocycles. The Morgan fingerprint density at radius 1 is 1.86 bits per heavy atom. The molecular formula is C4H6BrN2+. The molecule has 0 unspecified atom stereocenters. The van der Waals surface area contributed by atoms with Gasteiger partial charge < -0.3 is 0 Å². The van der Waals surface area contributed by atoms with Gasteiger partial charge in [-0.15, -0.1) is 4.68 Å². The average molecular weight is 162 g/mol. The van der Waals surface area contributed by atoms with Gasteiger partial charge in [0.2, 0.25) is 6.20 Å². The standard InChI is InChI=1S/C4H5BrN2/c1-7-3-4(5)2-6-7/h2-3H,1H3/p+1. The second kappa shape index (κ2) is 1.66. The summed E-state index contributed by atoms with van der Waals surface area (Å²) < 4.78 is 2.94. The molecule has 0 saturated heterocycles. The van der Waals surface area contributed by atoms with E-state index in [4.69, 9.17) is 0 Å². The first kappa shape index (κ1) is 4.84. The minimum Gasteiger partial charge on any atom is -0.172 e. The smallest absolute Gasteiger partial charge is 0.172 e. The van der Waals surface area contributed by atoms with Crippen LogP contribution in [0.4, 0.5) is 0 Å². The topological polar surface area (TPSA) is 19.7 Å². The van der Waals surface area contributed by atoms with Gasteiger partial charge in [-0.2, -0.15) is 5.10 Å². The second-order valence-corrected chi connectivity index (χ2v) is 2.31. The Bertz CT molecular complexity index is 142. The third kappa shape index (κ3) is 1.03. The van der Waals surface area contributed by atoms with Gasteiger partial charge in [0.15, 0.2) is 7.05 Å². The minimum absolute atomic E-state index is 1.08. The van der Waals surface area contributed by atoms with E-state index in [0.717, 1.165) is 4.47 Å². The van der Waals surface area contributed by atoms with Gasteiger partial charge in [-0.3, -0.25) is 0 Å². The van der Waals surface area contributed by atoms with E-state index < -0.39 is 0 Å². The first-order valence-electron chi connectivity index (χ1n) is 1.98. The molecule has 1 N–H and O–H groups in total. The fraction of sp³-hybridized carbons (Fsp3) is 0.250. The number of H-pyrrole nitrogens is 1. The molecule has 2 nitrogen and oxygen atoms in total. The molecule has 0 bridgehead atoms. The summed E-state index contributed by atoms with van der Waals surface area (Å²) >= 11 is 3.28. The molecule has 0 aromatic carbocycles. The lowest BCUT2D eigenvalue weighted by atomic mass is 10.8. The van der Waals surface area contributed by atoms with Crippen LogP contribution in [0, 0.1) is 0 Å². The average Bonchev–Trinajstić information content (AvgIpc) is 1.87. The third-order valence-corrected chi connectivity index (χ3v) is 1.16. The molecule has 0 amide bonds. The maximum atomic E-state index is 3.28.